The summed E-state index contributed by atoms with van der Waals surface area (Å²) in [4.78, 5) is 31.7. The molecule has 0 spiro atoms. The second-order valence-corrected chi connectivity index (χ2v) is 7.05. The Kier molecular flexibility index (Phi) is 5.64. The number of rotatable bonds is 5. The number of nitrogens with zero attached hydrogens (tertiary/aromatic N) is 1. The maximum atomic E-state index is 12.8. The number of fused-ring (bicyclic) bond motifs is 1. The van der Waals surface area contributed by atoms with Gasteiger partial charge in [-0.3, -0.25) is 9.59 Å². The van der Waals surface area contributed by atoms with E-state index in [1.807, 2.05) is 0 Å². The van der Waals surface area contributed by atoms with E-state index in [2.05, 4.69) is 20.6 Å². The lowest BCUT2D eigenvalue weighted by atomic mass is 10.1. The highest BCUT2D eigenvalue weighted by Gasteiger charge is 2.17. The van der Waals surface area contributed by atoms with Crippen LogP contribution < -0.4 is 10.6 Å². The number of hydrogen-bond acceptors (Lipinski definition) is 3. The van der Waals surface area contributed by atoms with Gasteiger partial charge in [0, 0.05) is 16.3 Å². The molecule has 0 saturated heterocycles. The second-order valence-electron chi connectivity index (χ2n) is 6.62. The van der Waals surface area contributed by atoms with E-state index in [1.54, 1.807) is 48.5 Å². The highest BCUT2D eigenvalue weighted by molar-refractivity contribution is 6.30. The lowest BCUT2D eigenvalue weighted by Crippen LogP contribution is -2.18. The molecule has 0 radical (unpaired) electrons. The average Bonchev–Trinajstić information content (AvgIpc) is 3.19. The zero-order chi connectivity index (χ0) is 22.0. The molecule has 0 saturated carbocycles. The summed E-state index contributed by atoms with van der Waals surface area (Å²) in [5.74, 6) is -1.37. The predicted molar refractivity (Wildman–Crippen MR) is 115 cm³/mol. The predicted octanol–water partition coefficient (Wildman–Crippen LogP) is 5.66. The van der Waals surface area contributed by atoms with Gasteiger partial charge >= 0.3 is 0 Å². The Hall–Kier alpha value is -3.78. The van der Waals surface area contributed by atoms with E-state index in [9.17, 15) is 18.4 Å². The molecular formula is C22H15ClF2N4O2. The van der Waals surface area contributed by atoms with Crippen molar-refractivity contribution in [2.45, 2.75) is 6.43 Å². The first-order valence-corrected chi connectivity index (χ1v) is 9.53. The van der Waals surface area contributed by atoms with Crippen molar-refractivity contribution in [3.05, 3.63) is 88.7 Å². The minimum atomic E-state index is -2.74. The van der Waals surface area contributed by atoms with Crippen LogP contribution in [0.5, 0.6) is 0 Å². The third-order valence-electron chi connectivity index (χ3n) is 4.49. The number of nitrogens with one attached hydrogen (secondary N) is 3. The largest absolute Gasteiger partial charge is 0.337 e. The summed E-state index contributed by atoms with van der Waals surface area (Å²) in [6, 6.07) is 17.5. The van der Waals surface area contributed by atoms with Gasteiger partial charge in [-0.2, -0.15) is 0 Å². The van der Waals surface area contributed by atoms with E-state index in [0.717, 1.165) is 0 Å². The molecule has 1 heterocycles. The van der Waals surface area contributed by atoms with Crippen molar-refractivity contribution in [2.75, 3.05) is 10.6 Å². The molecule has 4 rings (SSSR count). The zero-order valence-electron chi connectivity index (χ0n) is 15.8. The number of para-hydroxylation sites is 1. The number of anilines is 2. The number of hydrogen-bond donors (Lipinski definition) is 3. The summed E-state index contributed by atoms with van der Waals surface area (Å²) < 4.78 is 25.7. The summed E-state index contributed by atoms with van der Waals surface area (Å²) >= 11 is 5.86. The second kappa shape index (κ2) is 8.53. The number of carbonyl (C=O) groups excluding carboxylic acids is 2. The van der Waals surface area contributed by atoms with E-state index in [1.165, 1.54) is 18.2 Å². The molecular weight excluding hydrogens is 426 g/mol. The van der Waals surface area contributed by atoms with Gasteiger partial charge in [-0.05, 0) is 54.6 Å². The maximum absolute atomic E-state index is 12.8. The lowest BCUT2D eigenvalue weighted by Gasteiger charge is -2.12. The fourth-order valence-corrected chi connectivity index (χ4v) is 3.12. The molecule has 6 nitrogen and oxygen atoms in total. The van der Waals surface area contributed by atoms with Gasteiger partial charge in [0.1, 0.15) is 0 Å². The van der Waals surface area contributed by atoms with Gasteiger partial charge in [-0.1, -0.05) is 23.7 Å². The number of alkyl halides is 2. The molecule has 156 valence electrons. The molecule has 0 aliphatic carbocycles. The Morgan fingerprint density at radius 3 is 2.42 bits per heavy atom. The average molecular weight is 441 g/mol. The summed E-state index contributed by atoms with van der Waals surface area (Å²) in [5.41, 5.74) is 1.98. The first-order valence-electron chi connectivity index (χ1n) is 9.16. The van der Waals surface area contributed by atoms with Gasteiger partial charge in [-0.15, -0.1) is 0 Å². The first kappa shape index (κ1) is 20.5. The van der Waals surface area contributed by atoms with Gasteiger partial charge in [0.25, 0.3) is 18.2 Å². The zero-order valence-corrected chi connectivity index (χ0v) is 16.6. The standard InChI is InChI=1S/C22H15ClF2N4O2/c23-13-6-8-14(9-7-13)26-22(31)15-3-1-2-4-16(15)29-21(30)12-5-10-17-18(11-12)28-20(27-17)19(24)25/h1-11,19H,(H,26,31)(H,27,28)(H,29,30). The van der Waals surface area contributed by atoms with Crippen molar-refractivity contribution < 1.29 is 18.4 Å². The van der Waals surface area contributed by atoms with Gasteiger partial charge in [-0.25, -0.2) is 13.8 Å². The van der Waals surface area contributed by atoms with E-state index in [4.69, 9.17) is 11.6 Å². The Balaban J connectivity index is 1.55. The molecule has 1 aromatic heterocycles. The van der Waals surface area contributed by atoms with Crippen molar-refractivity contribution in [3.8, 4) is 0 Å². The van der Waals surface area contributed by atoms with Crippen LogP contribution in [-0.4, -0.2) is 21.8 Å². The molecule has 0 aliphatic heterocycles. The number of H-pyrrole nitrogens is 1. The van der Waals surface area contributed by atoms with Crippen molar-refractivity contribution >= 4 is 45.8 Å². The highest BCUT2D eigenvalue weighted by atomic mass is 35.5. The minimum Gasteiger partial charge on any atom is -0.337 e. The van der Waals surface area contributed by atoms with Crippen molar-refractivity contribution in [2.24, 2.45) is 0 Å². The molecule has 2 amide bonds. The monoisotopic (exact) mass is 440 g/mol. The van der Waals surface area contributed by atoms with Gasteiger partial charge in [0.05, 0.1) is 22.3 Å². The summed E-state index contributed by atoms with van der Waals surface area (Å²) in [6.45, 7) is 0. The van der Waals surface area contributed by atoms with Gasteiger partial charge in [0.2, 0.25) is 0 Å². The van der Waals surface area contributed by atoms with E-state index in [-0.39, 0.29) is 11.1 Å². The number of carbonyl (C=O) groups is 2. The van der Waals surface area contributed by atoms with Crippen LogP contribution in [-0.2, 0) is 0 Å². The SMILES string of the molecule is O=C(Nc1ccccc1C(=O)Nc1ccc(Cl)cc1)c1ccc2nc(C(F)F)[nH]c2c1. The van der Waals surface area contributed by atoms with E-state index >= 15 is 0 Å². The van der Waals surface area contributed by atoms with Crippen LogP contribution in [0.25, 0.3) is 11.0 Å². The molecule has 3 aromatic carbocycles. The van der Waals surface area contributed by atoms with Gasteiger partial charge < -0.3 is 15.6 Å². The van der Waals surface area contributed by atoms with Crippen LogP contribution in [0.3, 0.4) is 0 Å². The number of aromatic amines is 1. The Bertz CT molecular complexity index is 1270. The third kappa shape index (κ3) is 4.54. The Morgan fingerprint density at radius 1 is 0.935 bits per heavy atom. The number of amides is 2. The Labute approximate surface area is 180 Å². The number of imidazole rings is 1. The number of aromatic nitrogens is 2. The molecule has 0 bridgehead atoms. The normalized spacial score (nSPS) is 11.0. The van der Waals surface area contributed by atoms with Crippen LogP contribution in [0, 0.1) is 0 Å². The van der Waals surface area contributed by atoms with E-state index in [0.29, 0.717) is 27.4 Å². The van der Waals surface area contributed by atoms with Gasteiger partial charge in [0.15, 0.2) is 5.82 Å². The Morgan fingerprint density at radius 2 is 1.68 bits per heavy atom. The highest BCUT2D eigenvalue weighted by Crippen LogP contribution is 2.23. The number of benzene rings is 3. The first-order chi connectivity index (χ1) is 14.9. The van der Waals surface area contributed by atoms with E-state index < -0.39 is 24.1 Å². The molecule has 0 fully saturated rings. The quantitative estimate of drug-likeness (QED) is 0.374. The fraction of sp³-hybridized carbons (Fsp3) is 0.0455. The topological polar surface area (TPSA) is 86.9 Å². The summed E-state index contributed by atoms with van der Waals surface area (Å²) in [7, 11) is 0. The molecule has 0 aliphatic rings. The molecule has 4 aromatic rings. The molecule has 31 heavy (non-hydrogen) atoms. The molecule has 9 heteroatoms. The number of halogens is 3. The van der Waals surface area contributed by atoms with Crippen molar-refractivity contribution in [3.63, 3.8) is 0 Å². The fourth-order valence-electron chi connectivity index (χ4n) is 2.99. The van der Waals surface area contributed by atoms with Crippen LogP contribution >= 0.6 is 11.6 Å². The lowest BCUT2D eigenvalue weighted by molar-refractivity contribution is 0.102. The van der Waals surface area contributed by atoms with Crippen LogP contribution in [0.15, 0.2) is 66.7 Å². The molecule has 3 N–H and O–H groups in total. The minimum absolute atomic E-state index is 0.227. The van der Waals surface area contributed by atoms with Crippen LogP contribution in [0.1, 0.15) is 33.0 Å². The van der Waals surface area contributed by atoms with Crippen LogP contribution in [0.2, 0.25) is 5.02 Å². The van der Waals surface area contributed by atoms with Crippen molar-refractivity contribution in [1.82, 2.24) is 9.97 Å². The van der Waals surface area contributed by atoms with Crippen molar-refractivity contribution in [1.29, 1.82) is 0 Å². The summed E-state index contributed by atoms with van der Waals surface area (Å²) in [5, 5.41) is 5.98. The smallest absolute Gasteiger partial charge is 0.295 e. The summed E-state index contributed by atoms with van der Waals surface area (Å²) in [6.07, 6.45) is -2.74. The third-order valence-corrected chi connectivity index (χ3v) is 4.74. The maximum Gasteiger partial charge on any atom is 0.295 e. The molecule has 0 unspecified atom stereocenters. The van der Waals surface area contributed by atoms with Crippen LogP contribution in [0.4, 0.5) is 20.2 Å². The molecule has 0 atom stereocenters.